The van der Waals surface area contributed by atoms with E-state index in [4.69, 9.17) is 0 Å². The summed E-state index contributed by atoms with van der Waals surface area (Å²) in [6, 6.07) is 8.04. The molecule has 7 nitrogen and oxygen atoms in total. The highest BCUT2D eigenvalue weighted by atomic mass is 19.4. The number of rotatable bonds is 4. The molecule has 0 unspecified atom stereocenters. The van der Waals surface area contributed by atoms with E-state index >= 15 is 0 Å². The number of carbonyl (C=O) groups excluding carboxylic acids is 2. The lowest BCUT2D eigenvalue weighted by molar-refractivity contribution is -0.384. The number of nitro benzene ring substituents is 1. The molecule has 0 spiro atoms. The number of fused-ring (bicyclic) bond motifs is 1. The first kappa shape index (κ1) is 17.4. The number of benzene rings is 2. The molecule has 0 saturated carbocycles. The second kappa shape index (κ2) is 6.14. The van der Waals surface area contributed by atoms with E-state index in [9.17, 15) is 32.9 Å². The molecule has 0 aliphatic carbocycles. The van der Waals surface area contributed by atoms with E-state index < -0.39 is 28.8 Å². The molecule has 2 amide bonds. The Balaban J connectivity index is 1.79. The summed E-state index contributed by atoms with van der Waals surface area (Å²) >= 11 is 0. The van der Waals surface area contributed by atoms with Crippen LogP contribution in [0.15, 0.2) is 42.5 Å². The zero-order valence-corrected chi connectivity index (χ0v) is 12.8. The highest BCUT2D eigenvalue weighted by Gasteiger charge is 2.37. The maximum atomic E-state index is 12.3. The third-order valence-corrected chi connectivity index (χ3v) is 3.66. The monoisotopic (exact) mass is 366 g/mol. The van der Waals surface area contributed by atoms with Crippen molar-refractivity contribution in [2.24, 2.45) is 0 Å². The van der Waals surface area contributed by atoms with Gasteiger partial charge in [0.05, 0.1) is 22.6 Å². The van der Waals surface area contributed by atoms with E-state index in [-0.39, 0.29) is 23.4 Å². The number of hydrogen-bond donors (Lipinski definition) is 0. The van der Waals surface area contributed by atoms with Gasteiger partial charge >= 0.3 is 6.36 Å². The Morgan fingerprint density at radius 1 is 1.00 bits per heavy atom. The first-order valence-corrected chi connectivity index (χ1v) is 7.15. The third-order valence-electron chi connectivity index (χ3n) is 3.66. The van der Waals surface area contributed by atoms with Crippen LogP contribution in [0, 0.1) is 10.1 Å². The van der Waals surface area contributed by atoms with Crippen LogP contribution in [0.5, 0.6) is 5.75 Å². The van der Waals surface area contributed by atoms with Gasteiger partial charge in [-0.2, -0.15) is 0 Å². The van der Waals surface area contributed by atoms with Gasteiger partial charge in [-0.1, -0.05) is 12.1 Å². The summed E-state index contributed by atoms with van der Waals surface area (Å²) in [5.74, 6) is -1.76. The lowest BCUT2D eigenvalue weighted by Crippen LogP contribution is -2.29. The highest BCUT2D eigenvalue weighted by Crippen LogP contribution is 2.29. The second-order valence-electron chi connectivity index (χ2n) is 5.38. The molecule has 1 heterocycles. The zero-order valence-electron chi connectivity index (χ0n) is 12.8. The number of alkyl halides is 3. The summed E-state index contributed by atoms with van der Waals surface area (Å²) in [5, 5.41) is 10.8. The summed E-state index contributed by atoms with van der Waals surface area (Å²) < 4.78 is 40.2. The van der Waals surface area contributed by atoms with Crippen LogP contribution in [-0.2, 0) is 6.54 Å². The minimum atomic E-state index is -4.82. The molecule has 134 valence electrons. The molecular weight excluding hydrogens is 357 g/mol. The SMILES string of the molecule is O=C1c2ccc([N+](=O)[O-])cc2C(=O)N1Cc1ccc(OC(F)(F)F)cc1. The standard InChI is InChI=1S/C16H9F3N2O5/c17-16(18,19)26-11-4-1-9(2-5-11)8-20-14(22)12-6-3-10(21(24)25)7-13(12)15(20)23/h1-7H,8H2. The predicted molar refractivity (Wildman–Crippen MR) is 80.4 cm³/mol. The molecule has 0 atom stereocenters. The van der Waals surface area contributed by atoms with Crippen LogP contribution in [0.4, 0.5) is 18.9 Å². The van der Waals surface area contributed by atoms with Gasteiger partial charge in [0.15, 0.2) is 0 Å². The topological polar surface area (TPSA) is 89.8 Å². The van der Waals surface area contributed by atoms with Crippen LogP contribution in [0.1, 0.15) is 26.3 Å². The molecule has 0 radical (unpaired) electrons. The number of nitro groups is 1. The summed E-state index contributed by atoms with van der Waals surface area (Å²) in [5.41, 5.74) is 0.0304. The normalized spacial score (nSPS) is 13.7. The number of imide groups is 1. The van der Waals surface area contributed by atoms with Crippen LogP contribution in [0.25, 0.3) is 0 Å². The van der Waals surface area contributed by atoms with E-state index in [1.165, 1.54) is 18.2 Å². The van der Waals surface area contributed by atoms with E-state index in [1.807, 2.05) is 0 Å². The van der Waals surface area contributed by atoms with Gasteiger partial charge in [0.2, 0.25) is 0 Å². The fourth-order valence-electron chi connectivity index (χ4n) is 2.51. The Kier molecular flexibility index (Phi) is 4.10. The van der Waals surface area contributed by atoms with Crippen molar-refractivity contribution in [1.29, 1.82) is 0 Å². The number of nitrogens with zero attached hydrogens (tertiary/aromatic N) is 2. The fourth-order valence-corrected chi connectivity index (χ4v) is 2.51. The van der Waals surface area contributed by atoms with Crippen molar-refractivity contribution < 1.29 is 32.4 Å². The minimum absolute atomic E-state index is 0.0395. The average Bonchev–Trinajstić information content (AvgIpc) is 2.80. The quantitative estimate of drug-likeness (QED) is 0.471. The molecule has 10 heteroatoms. The van der Waals surface area contributed by atoms with Gasteiger partial charge in [0.25, 0.3) is 17.5 Å². The lowest BCUT2D eigenvalue weighted by atomic mass is 10.1. The van der Waals surface area contributed by atoms with Crippen molar-refractivity contribution in [2.45, 2.75) is 12.9 Å². The molecule has 0 aromatic heterocycles. The van der Waals surface area contributed by atoms with Gasteiger partial charge < -0.3 is 4.74 Å². The summed E-state index contributed by atoms with van der Waals surface area (Å²) in [7, 11) is 0. The zero-order chi connectivity index (χ0) is 19.1. The maximum Gasteiger partial charge on any atom is 0.573 e. The fraction of sp³-hybridized carbons (Fsp3) is 0.125. The van der Waals surface area contributed by atoms with E-state index in [0.717, 1.165) is 29.2 Å². The van der Waals surface area contributed by atoms with E-state index in [1.54, 1.807) is 0 Å². The molecule has 0 bridgehead atoms. The van der Waals surface area contributed by atoms with Gasteiger partial charge in [-0.05, 0) is 23.8 Å². The van der Waals surface area contributed by atoms with Crippen molar-refractivity contribution >= 4 is 17.5 Å². The number of hydrogen-bond acceptors (Lipinski definition) is 5. The molecule has 0 N–H and O–H groups in total. The van der Waals surface area contributed by atoms with Gasteiger partial charge in [0.1, 0.15) is 5.75 Å². The first-order chi connectivity index (χ1) is 12.2. The molecule has 0 fully saturated rings. The van der Waals surface area contributed by atoms with Crippen LogP contribution in [0.3, 0.4) is 0 Å². The molecule has 2 aromatic rings. The molecule has 0 saturated heterocycles. The number of non-ortho nitro benzene ring substituents is 1. The number of amides is 2. The van der Waals surface area contributed by atoms with Crippen molar-refractivity contribution in [2.75, 3.05) is 0 Å². The first-order valence-electron chi connectivity index (χ1n) is 7.15. The second-order valence-corrected chi connectivity index (χ2v) is 5.38. The molecule has 3 rings (SSSR count). The minimum Gasteiger partial charge on any atom is -0.406 e. The molecule has 1 aliphatic heterocycles. The Morgan fingerprint density at radius 2 is 1.62 bits per heavy atom. The van der Waals surface area contributed by atoms with E-state index in [2.05, 4.69) is 4.74 Å². The summed E-state index contributed by atoms with van der Waals surface area (Å²) in [6.45, 7) is -0.188. The third kappa shape index (κ3) is 3.34. The Labute approximate surface area is 143 Å². The Morgan fingerprint density at radius 3 is 2.19 bits per heavy atom. The predicted octanol–water partition coefficient (Wildman–Crippen LogP) is 3.29. The van der Waals surface area contributed by atoms with Gasteiger partial charge in [-0.15, -0.1) is 13.2 Å². The van der Waals surface area contributed by atoms with Crippen LogP contribution in [-0.4, -0.2) is 28.0 Å². The van der Waals surface area contributed by atoms with E-state index in [0.29, 0.717) is 5.56 Å². The molecule has 1 aliphatic rings. The summed E-state index contributed by atoms with van der Waals surface area (Å²) in [6.07, 6.45) is -4.82. The molecule has 2 aromatic carbocycles. The molecular formula is C16H9F3N2O5. The smallest absolute Gasteiger partial charge is 0.406 e. The van der Waals surface area contributed by atoms with Crippen molar-refractivity contribution in [3.8, 4) is 5.75 Å². The number of ether oxygens (including phenoxy) is 1. The van der Waals surface area contributed by atoms with Crippen molar-refractivity contribution in [3.63, 3.8) is 0 Å². The van der Waals surface area contributed by atoms with Crippen LogP contribution >= 0.6 is 0 Å². The van der Waals surface area contributed by atoms with Crippen LogP contribution < -0.4 is 4.74 Å². The van der Waals surface area contributed by atoms with Crippen molar-refractivity contribution in [1.82, 2.24) is 4.90 Å². The van der Waals surface area contributed by atoms with Crippen LogP contribution in [0.2, 0.25) is 0 Å². The average molecular weight is 366 g/mol. The van der Waals surface area contributed by atoms with Gasteiger partial charge in [-0.25, -0.2) is 0 Å². The van der Waals surface area contributed by atoms with Gasteiger partial charge in [0, 0.05) is 12.1 Å². The highest BCUT2D eigenvalue weighted by molar-refractivity contribution is 6.21. The number of carbonyl (C=O) groups is 2. The largest absolute Gasteiger partial charge is 0.573 e. The maximum absolute atomic E-state index is 12.3. The van der Waals surface area contributed by atoms with Crippen molar-refractivity contribution in [3.05, 3.63) is 69.3 Å². The number of halogens is 3. The van der Waals surface area contributed by atoms with Gasteiger partial charge in [-0.3, -0.25) is 24.6 Å². The Bertz CT molecular complexity index is 909. The summed E-state index contributed by atoms with van der Waals surface area (Å²) in [4.78, 5) is 35.6. The lowest BCUT2D eigenvalue weighted by Gasteiger charge is -2.14. The Hall–Kier alpha value is -3.43. The molecule has 26 heavy (non-hydrogen) atoms.